The lowest BCUT2D eigenvalue weighted by Crippen LogP contribution is -2.39. The molecule has 1 aromatic rings. The minimum Gasteiger partial charge on any atom is -0.355 e. The summed E-state index contributed by atoms with van der Waals surface area (Å²) < 4.78 is 0. The van der Waals surface area contributed by atoms with E-state index in [1.165, 1.54) is 17.5 Å². The average Bonchev–Trinajstić information content (AvgIpc) is 2.89. The SMILES string of the molecule is Cl.O=C(NCC1CCc2ccccc21)C1CCNCC1. The zero-order chi connectivity index (χ0) is 13.1. The van der Waals surface area contributed by atoms with Gasteiger partial charge in [-0.3, -0.25) is 4.79 Å². The molecular formula is C16H23ClN2O. The fraction of sp³-hybridized carbons (Fsp3) is 0.562. The molecule has 1 fully saturated rings. The Hall–Kier alpha value is -1.06. The van der Waals surface area contributed by atoms with Crippen LogP contribution in [-0.4, -0.2) is 25.5 Å². The number of amides is 1. The third-order valence-corrected chi connectivity index (χ3v) is 4.49. The van der Waals surface area contributed by atoms with Crippen LogP contribution in [-0.2, 0) is 11.2 Å². The monoisotopic (exact) mass is 294 g/mol. The second-order valence-electron chi connectivity index (χ2n) is 5.70. The van der Waals surface area contributed by atoms with Gasteiger partial charge in [0.1, 0.15) is 0 Å². The van der Waals surface area contributed by atoms with Crippen molar-refractivity contribution >= 4 is 18.3 Å². The molecule has 3 rings (SSSR count). The minimum absolute atomic E-state index is 0. The largest absolute Gasteiger partial charge is 0.355 e. The highest BCUT2D eigenvalue weighted by Crippen LogP contribution is 2.32. The normalized spacial score (nSPS) is 21.9. The van der Waals surface area contributed by atoms with Gasteiger partial charge < -0.3 is 10.6 Å². The molecule has 0 saturated carbocycles. The molecule has 3 nitrogen and oxygen atoms in total. The van der Waals surface area contributed by atoms with Crippen LogP contribution in [0, 0.1) is 5.92 Å². The van der Waals surface area contributed by atoms with E-state index in [1.807, 2.05) is 0 Å². The van der Waals surface area contributed by atoms with E-state index in [0.717, 1.165) is 38.9 Å². The van der Waals surface area contributed by atoms with Gasteiger partial charge in [0.15, 0.2) is 0 Å². The van der Waals surface area contributed by atoms with Gasteiger partial charge in [-0.25, -0.2) is 0 Å². The molecule has 1 unspecified atom stereocenters. The van der Waals surface area contributed by atoms with Gasteiger partial charge in [-0.05, 0) is 49.9 Å². The quantitative estimate of drug-likeness (QED) is 0.898. The molecule has 0 radical (unpaired) electrons. The number of fused-ring (bicyclic) bond motifs is 1. The molecule has 1 amide bonds. The first-order valence-electron chi connectivity index (χ1n) is 7.41. The van der Waals surface area contributed by atoms with Gasteiger partial charge in [0.05, 0.1) is 0 Å². The molecule has 4 heteroatoms. The topological polar surface area (TPSA) is 41.1 Å². The summed E-state index contributed by atoms with van der Waals surface area (Å²) in [5.41, 5.74) is 2.90. The Morgan fingerprint density at radius 2 is 1.95 bits per heavy atom. The molecule has 0 bridgehead atoms. The van der Waals surface area contributed by atoms with Crippen LogP contribution in [0.4, 0.5) is 0 Å². The zero-order valence-corrected chi connectivity index (χ0v) is 12.5. The van der Waals surface area contributed by atoms with Crippen molar-refractivity contribution in [3.63, 3.8) is 0 Å². The summed E-state index contributed by atoms with van der Waals surface area (Å²) in [6.45, 7) is 2.76. The average molecular weight is 295 g/mol. The van der Waals surface area contributed by atoms with E-state index < -0.39 is 0 Å². The molecule has 1 heterocycles. The summed E-state index contributed by atoms with van der Waals surface area (Å²) in [5.74, 6) is 0.991. The lowest BCUT2D eigenvalue weighted by molar-refractivity contribution is -0.125. The summed E-state index contributed by atoms with van der Waals surface area (Å²) >= 11 is 0. The second kappa shape index (κ2) is 7.09. The van der Waals surface area contributed by atoms with Crippen LogP contribution in [0.1, 0.15) is 36.3 Å². The number of carbonyl (C=O) groups excluding carboxylic acids is 1. The lowest BCUT2D eigenvalue weighted by Gasteiger charge is -2.22. The first kappa shape index (κ1) is 15.3. The Bertz CT molecular complexity index is 458. The van der Waals surface area contributed by atoms with Crippen molar-refractivity contribution in [2.24, 2.45) is 5.92 Å². The van der Waals surface area contributed by atoms with Gasteiger partial charge in [0, 0.05) is 18.4 Å². The van der Waals surface area contributed by atoms with Crippen LogP contribution in [0.5, 0.6) is 0 Å². The van der Waals surface area contributed by atoms with Crippen LogP contribution < -0.4 is 10.6 Å². The number of aryl methyl sites for hydroxylation is 1. The number of hydrogen-bond donors (Lipinski definition) is 2. The lowest BCUT2D eigenvalue weighted by atomic mass is 9.96. The Morgan fingerprint density at radius 1 is 1.20 bits per heavy atom. The van der Waals surface area contributed by atoms with Crippen molar-refractivity contribution in [3.05, 3.63) is 35.4 Å². The fourth-order valence-corrected chi connectivity index (χ4v) is 3.31. The number of nitrogens with one attached hydrogen (secondary N) is 2. The molecular weight excluding hydrogens is 272 g/mol. The Balaban J connectivity index is 0.00000147. The van der Waals surface area contributed by atoms with Crippen molar-refractivity contribution in [2.75, 3.05) is 19.6 Å². The van der Waals surface area contributed by atoms with Crippen molar-refractivity contribution in [3.8, 4) is 0 Å². The number of piperidine rings is 1. The van der Waals surface area contributed by atoms with Crippen molar-refractivity contribution in [1.82, 2.24) is 10.6 Å². The third-order valence-electron chi connectivity index (χ3n) is 4.49. The highest BCUT2D eigenvalue weighted by molar-refractivity contribution is 5.85. The van der Waals surface area contributed by atoms with Crippen molar-refractivity contribution in [2.45, 2.75) is 31.6 Å². The maximum absolute atomic E-state index is 12.1. The highest BCUT2D eigenvalue weighted by atomic mass is 35.5. The fourth-order valence-electron chi connectivity index (χ4n) is 3.31. The third kappa shape index (κ3) is 3.33. The predicted octanol–water partition coefficient (Wildman–Crippen LogP) is 2.25. The maximum Gasteiger partial charge on any atom is 0.223 e. The second-order valence-corrected chi connectivity index (χ2v) is 5.70. The molecule has 1 aliphatic carbocycles. The van der Waals surface area contributed by atoms with Crippen LogP contribution in [0.25, 0.3) is 0 Å². The van der Waals surface area contributed by atoms with E-state index in [-0.39, 0.29) is 24.2 Å². The first-order chi connectivity index (χ1) is 9.34. The number of rotatable bonds is 3. The first-order valence-corrected chi connectivity index (χ1v) is 7.41. The van der Waals surface area contributed by atoms with E-state index in [4.69, 9.17) is 0 Å². The van der Waals surface area contributed by atoms with Gasteiger partial charge in [0.25, 0.3) is 0 Å². The molecule has 2 aliphatic rings. The molecule has 110 valence electrons. The summed E-state index contributed by atoms with van der Waals surface area (Å²) in [5, 5.41) is 6.47. The van der Waals surface area contributed by atoms with E-state index in [2.05, 4.69) is 34.9 Å². The summed E-state index contributed by atoms with van der Waals surface area (Å²) in [6, 6.07) is 8.63. The van der Waals surface area contributed by atoms with Crippen LogP contribution in [0.3, 0.4) is 0 Å². The zero-order valence-electron chi connectivity index (χ0n) is 11.7. The highest BCUT2D eigenvalue weighted by Gasteiger charge is 2.25. The van der Waals surface area contributed by atoms with Crippen molar-refractivity contribution < 1.29 is 4.79 Å². The molecule has 1 aliphatic heterocycles. The van der Waals surface area contributed by atoms with Gasteiger partial charge in [-0.1, -0.05) is 24.3 Å². The number of halogens is 1. The van der Waals surface area contributed by atoms with E-state index >= 15 is 0 Å². The summed E-state index contributed by atoms with van der Waals surface area (Å²) in [4.78, 5) is 12.1. The number of carbonyl (C=O) groups is 1. The summed E-state index contributed by atoms with van der Waals surface area (Å²) in [7, 11) is 0. The number of benzene rings is 1. The Kier molecular flexibility index (Phi) is 5.44. The molecule has 1 aromatic carbocycles. The van der Waals surface area contributed by atoms with Gasteiger partial charge >= 0.3 is 0 Å². The van der Waals surface area contributed by atoms with E-state index in [9.17, 15) is 4.79 Å². The smallest absolute Gasteiger partial charge is 0.223 e. The minimum atomic E-state index is 0. The van der Waals surface area contributed by atoms with Crippen molar-refractivity contribution in [1.29, 1.82) is 0 Å². The Morgan fingerprint density at radius 3 is 2.75 bits per heavy atom. The summed E-state index contributed by atoms with van der Waals surface area (Å²) in [6.07, 6.45) is 4.29. The Labute approximate surface area is 126 Å². The van der Waals surface area contributed by atoms with Gasteiger partial charge in [-0.15, -0.1) is 12.4 Å². The van der Waals surface area contributed by atoms with Crippen LogP contribution >= 0.6 is 12.4 Å². The van der Waals surface area contributed by atoms with E-state index in [1.54, 1.807) is 0 Å². The molecule has 1 saturated heterocycles. The maximum atomic E-state index is 12.1. The standard InChI is InChI=1S/C16H22N2O.ClH/c19-16(13-7-9-17-10-8-13)18-11-14-6-5-12-3-1-2-4-15(12)14;/h1-4,13-14,17H,5-11H2,(H,18,19);1H. The molecule has 1 atom stereocenters. The van der Waals surface area contributed by atoms with E-state index in [0.29, 0.717) is 5.92 Å². The molecule has 2 N–H and O–H groups in total. The van der Waals surface area contributed by atoms with Gasteiger partial charge in [-0.2, -0.15) is 0 Å². The molecule has 0 aromatic heterocycles. The predicted molar refractivity (Wildman–Crippen MR) is 83.4 cm³/mol. The van der Waals surface area contributed by atoms with Gasteiger partial charge in [0.2, 0.25) is 5.91 Å². The number of hydrogen-bond acceptors (Lipinski definition) is 2. The molecule has 0 spiro atoms. The van der Waals surface area contributed by atoms with Crippen LogP contribution in [0.2, 0.25) is 0 Å². The molecule has 20 heavy (non-hydrogen) atoms. The van der Waals surface area contributed by atoms with Crippen LogP contribution in [0.15, 0.2) is 24.3 Å².